The molecule has 1 heterocycles. The average molecular weight is 531 g/mol. The molecule has 37 heavy (non-hydrogen) atoms. The monoisotopic (exact) mass is 530 g/mol. The Labute approximate surface area is 223 Å². The first kappa shape index (κ1) is 27.3. The number of rotatable bonds is 7. The molecule has 3 nitrogen and oxygen atoms in total. The van der Waals surface area contributed by atoms with E-state index in [1.807, 2.05) is 0 Å². The molecule has 7 heteroatoms. The zero-order valence-electron chi connectivity index (χ0n) is 21.0. The van der Waals surface area contributed by atoms with Gasteiger partial charge in [-0.2, -0.15) is 13.2 Å². The highest BCUT2D eigenvalue weighted by atomic mass is 35.5. The highest BCUT2D eigenvalue weighted by molar-refractivity contribution is 5.85. The van der Waals surface area contributed by atoms with Crippen LogP contribution >= 0.6 is 12.4 Å². The molecule has 5 rings (SSSR count). The van der Waals surface area contributed by atoms with E-state index in [2.05, 4.69) is 52.3 Å². The number of hydrogen-bond acceptors (Lipinski definition) is 3. The third-order valence-electron chi connectivity index (χ3n) is 7.40. The number of alkyl halides is 3. The normalized spacial score (nSPS) is 16.1. The van der Waals surface area contributed by atoms with Crippen LogP contribution in [0.4, 0.5) is 18.9 Å². The molecule has 3 aromatic carbocycles. The summed E-state index contributed by atoms with van der Waals surface area (Å²) in [5, 5.41) is 0. The Hall–Kier alpha value is -2.70. The topological polar surface area (TPSA) is 15.7 Å². The zero-order valence-corrected chi connectivity index (χ0v) is 21.8. The lowest BCUT2D eigenvalue weighted by Gasteiger charge is -2.36. The van der Waals surface area contributed by atoms with Gasteiger partial charge >= 0.3 is 6.18 Å². The van der Waals surface area contributed by atoms with Crippen LogP contribution in [0.1, 0.15) is 40.7 Å². The first-order chi connectivity index (χ1) is 17.4. The summed E-state index contributed by atoms with van der Waals surface area (Å²) in [7, 11) is 0. The van der Waals surface area contributed by atoms with Gasteiger partial charge in [0, 0.05) is 38.4 Å². The van der Waals surface area contributed by atoms with Crippen LogP contribution in [-0.2, 0) is 32.0 Å². The van der Waals surface area contributed by atoms with Gasteiger partial charge < -0.3 is 9.64 Å². The number of piperazine rings is 1. The summed E-state index contributed by atoms with van der Waals surface area (Å²) in [5.41, 5.74) is 5.64. The van der Waals surface area contributed by atoms with E-state index in [4.69, 9.17) is 4.74 Å². The maximum atomic E-state index is 12.8. The quantitative estimate of drug-likeness (QED) is 0.329. The Bertz CT molecular complexity index is 1140. The van der Waals surface area contributed by atoms with Crippen LogP contribution in [-0.4, -0.2) is 37.6 Å². The lowest BCUT2D eigenvalue weighted by atomic mass is 9.92. The highest BCUT2D eigenvalue weighted by Gasteiger charge is 2.30. The molecule has 0 bridgehead atoms. The summed E-state index contributed by atoms with van der Waals surface area (Å²) in [4.78, 5) is 4.59. The lowest BCUT2D eigenvalue weighted by Crippen LogP contribution is -2.47. The van der Waals surface area contributed by atoms with Crippen molar-refractivity contribution in [2.75, 3.05) is 37.6 Å². The summed E-state index contributed by atoms with van der Waals surface area (Å²) >= 11 is 0. The maximum absolute atomic E-state index is 12.8. The smallest absolute Gasteiger partial charge is 0.416 e. The Kier molecular flexibility index (Phi) is 9.04. The van der Waals surface area contributed by atoms with E-state index >= 15 is 0 Å². The van der Waals surface area contributed by atoms with Crippen molar-refractivity contribution in [3.8, 4) is 5.75 Å². The van der Waals surface area contributed by atoms with Gasteiger partial charge in [-0.1, -0.05) is 30.3 Å². The van der Waals surface area contributed by atoms with E-state index in [0.717, 1.165) is 57.0 Å². The number of ether oxygens (including phenoxy) is 1. The first-order valence-corrected chi connectivity index (χ1v) is 12.9. The summed E-state index contributed by atoms with van der Waals surface area (Å²) in [5.74, 6) is 0.954. The molecule has 0 N–H and O–H groups in total. The van der Waals surface area contributed by atoms with Gasteiger partial charge in [-0.05, 0) is 90.8 Å². The molecule has 0 amide bonds. The van der Waals surface area contributed by atoms with E-state index in [1.54, 1.807) is 12.1 Å². The van der Waals surface area contributed by atoms with Crippen molar-refractivity contribution in [1.82, 2.24) is 4.90 Å². The van der Waals surface area contributed by atoms with Gasteiger partial charge in [-0.3, -0.25) is 4.90 Å². The van der Waals surface area contributed by atoms with Crippen molar-refractivity contribution < 1.29 is 17.9 Å². The summed E-state index contributed by atoms with van der Waals surface area (Å²) < 4.78 is 44.4. The minimum atomic E-state index is -4.29. The van der Waals surface area contributed by atoms with Crippen molar-refractivity contribution in [2.24, 2.45) is 0 Å². The van der Waals surface area contributed by atoms with Crippen LogP contribution in [0.5, 0.6) is 5.75 Å². The Morgan fingerprint density at radius 1 is 0.730 bits per heavy atom. The van der Waals surface area contributed by atoms with Crippen LogP contribution in [0.3, 0.4) is 0 Å². The number of hydrogen-bond donors (Lipinski definition) is 0. The maximum Gasteiger partial charge on any atom is 0.416 e. The number of anilines is 1. The minimum Gasteiger partial charge on any atom is -0.489 e. The fraction of sp³-hybridized carbons (Fsp3) is 0.400. The Morgan fingerprint density at radius 3 is 2.05 bits per heavy atom. The van der Waals surface area contributed by atoms with E-state index in [1.165, 1.54) is 53.6 Å². The van der Waals surface area contributed by atoms with Gasteiger partial charge in [0.05, 0.1) is 5.56 Å². The molecular weight excluding hydrogens is 497 g/mol. The Balaban J connectivity index is 0.00000320. The van der Waals surface area contributed by atoms with Gasteiger partial charge in [-0.25, -0.2) is 0 Å². The van der Waals surface area contributed by atoms with Crippen molar-refractivity contribution in [2.45, 2.75) is 44.9 Å². The van der Waals surface area contributed by atoms with Gasteiger partial charge in [0.15, 0.2) is 0 Å². The molecule has 0 atom stereocenters. The number of halogens is 4. The second-order valence-corrected chi connectivity index (χ2v) is 9.87. The fourth-order valence-corrected chi connectivity index (χ4v) is 5.15. The Morgan fingerprint density at radius 2 is 1.38 bits per heavy atom. The number of aryl methyl sites for hydroxylation is 2. The number of benzene rings is 3. The number of nitrogens with zero attached hydrogens (tertiary/aromatic N) is 2. The molecule has 0 radical (unpaired) electrons. The van der Waals surface area contributed by atoms with Crippen molar-refractivity contribution in [3.05, 3.63) is 94.5 Å². The van der Waals surface area contributed by atoms with Crippen molar-refractivity contribution in [1.29, 1.82) is 0 Å². The van der Waals surface area contributed by atoms with Gasteiger partial charge in [0.1, 0.15) is 12.4 Å². The molecule has 3 aromatic rings. The fourth-order valence-electron chi connectivity index (χ4n) is 5.15. The van der Waals surface area contributed by atoms with Gasteiger partial charge in [0.2, 0.25) is 0 Å². The van der Waals surface area contributed by atoms with E-state index < -0.39 is 11.7 Å². The van der Waals surface area contributed by atoms with Crippen LogP contribution in [0.2, 0.25) is 0 Å². The molecule has 0 unspecified atom stereocenters. The second kappa shape index (κ2) is 12.2. The van der Waals surface area contributed by atoms with E-state index in [9.17, 15) is 13.2 Å². The van der Waals surface area contributed by atoms with E-state index in [-0.39, 0.29) is 12.4 Å². The van der Waals surface area contributed by atoms with Crippen LogP contribution in [0.25, 0.3) is 0 Å². The van der Waals surface area contributed by atoms with Gasteiger partial charge in [0.25, 0.3) is 0 Å². The van der Waals surface area contributed by atoms with Crippen LogP contribution in [0, 0.1) is 0 Å². The average Bonchev–Trinajstić information content (AvgIpc) is 2.91. The largest absolute Gasteiger partial charge is 0.489 e. The predicted octanol–water partition coefficient (Wildman–Crippen LogP) is 6.95. The summed E-state index contributed by atoms with van der Waals surface area (Å²) in [6.45, 7) is 5.02. The van der Waals surface area contributed by atoms with Gasteiger partial charge in [-0.15, -0.1) is 12.4 Å². The predicted molar refractivity (Wildman–Crippen MR) is 145 cm³/mol. The summed E-state index contributed by atoms with van der Waals surface area (Å²) in [6, 6.07) is 20.7. The molecule has 0 aromatic heterocycles. The van der Waals surface area contributed by atoms with Crippen LogP contribution < -0.4 is 9.64 Å². The third kappa shape index (κ3) is 7.20. The molecule has 0 saturated carbocycles. The zero-order chi connectivity index (χ0) is 25.0. The minimum absolute atomic E-state index is 0. The molecule has 1 aliphatic carbocycles. The highest BCUT2D eigenvalue weighted by Crippen LogP contribution is 2.31. The van der Waals surface area contributed by atoms with Crippen molar-refractivity contribution >= 4 is 18.1 Å². The molecule has 2 aliphatic rings. The molecule has 0 spiro atoms. The SMILES string of the molecule is Cl.FC(F)(F)c1ccc(N2CCN(CCc3ccc(COc4ccc5c(c4)CCCC5)cc3)CC2)cc1. The lowest BCUT2D eigenvalue weighted by molar-refractivity contribution is -0.137. The second-order valence-electron chi connectivity index (χ2n) is 9.87. The number of fused-ring (bicyclic) bond motifs is 1. The summed E-state index contributed by atoms with van der Waals surface area (Å²) in [6.07, 6.45) is 1.60. The molecular formula is C30H34ClF3N2O. The molecule has 198 valence electrons. The molecule has 1 fully saturated rings. The molecule has 1 aliphatic heterocycles. The third-order valence-corrected chi connectivity index (χ3v) is 7.40. The van der Waals surface area contributed by atoms with Crippen molar-refractivity contribution in [3.63, 3.8) is 0 Å². The van der Waals surface area contributed by atoms with Crippen LogP contribution in [0.15, 0.2) is 66.7 Å². The first-order valence-electron chi connectivity index (χ1n) is 12.9. The standard InChI is InChI=1S/C30H33F3N2O.ClH/c31-30(32,33)27-10-12-28(13-11-27)35-19-17-34(18-20-35)16-15-23-5-7-24(8-6-23)22-36-29-14-9-25-3-1-2-4-26(25)21-29;/h5-14,21H,1-4,15-20,22H2;1H. The van der Waals surface area contributed by atoms with E-state index in [0.29, 0.717) is 6.61 Å². The molecule has 1 saturated heterocycles.